The first-order valence-corrected chi connectivity index (χ1v) is 9.74. The molecule has 0 bridgehead atoms. The second-order valence-electron chi connectivity index (χ2n) is 8.32. The first kappa shape index (κ1) is 22.0. The molecule has 1 atom stereocenters. The number of nitrogens with zero attached hydrogens (tertiary/aromatic N) is 2. The first-order valence-electron chi connectivity index (χ1n) is 9.74. The molecule has 164 valence electrons. The van der Waals surface area contributed by atoms with E-state index in [-0.39, 0.29) is 19.4 Å². The van der Waals surface area contributed by atoms with Gasteiger partial charge in [0.1, 0.15) is 17.1 Å². The summed E-state index contributed by atoms with van der Waals surface area (Å²) in [5.41, 5.74) is 1.53. The van der Waals surface area contributed by atoms with Crippen molar-refractivity contribution in [3.8, 4) is 17.1 Å². The van der Waals surface area contributed by atoms with E-state index in [1.807, 2.05) is 24.3 Å². The van der Waals surface area contributed by atoms with Gasteiger partial charge >= 0.3 is 12.3 Å². The van der Waals surface area contributed by atoms with Crippen LogP contribution in [0.15, 0.2) is 24.3 Å². The van der Waals surface area contributed by atoms with Gasteiger partial charge in [-0.05, 0) is 32.8 Å². The summed E-state index contributed by atoms with van der Waals surface area (Å²) >= 11 is 0. The molecule has 2 aromatic rings. The van der Waals surface area contributed by atoms with Gasteiger partial charge in [-0.1, -0.05) is 24.3 Å². The van der Waals surface area contributed by atoms with Crippen LogP contribution in [0.25, 0.3) is 11.3 Å². The maximum absolute atomic E-state index is 13.1. The molecule has 0 saturated carbocycles. The molecule has 0 fully saturated rings. The van der Waals surface area contributed by atoms with E-state index in [4.69, 9.17) is 9.47 Å². The lowest BCUT2D eigenvalue weighted by molar-refractivity contribution is -0.179. The van der Waals surface area contributed by atoms with Crippen LogP contribution in [0.4, 0.5) is 18.0 Å². The normalized spacial score (nSPS) is 16.7. The molecule has 1 aliphatic heterocycles. The van der Waals surface area contributed by atoms with Crippen molar-refractivity contribution in [3.05, 3.63) is 35.7 Å². The molecule has 1 amide bonds. The van der Waals surface area contributed by atoms with Gasteiger partial charge in [0.15, 0.2) is 0 Å². The van der Waals surface area contributed by atoms with Crippen molar-refractivity contribution >= 4 is 6.09 Å². The number of carbonyl (C=O) groups is 1. The quantitative estimate of drug-likeness (QED) is 0.771. The largest absolute Gasteiger partial charge is 0.481 e. The Hall–Kier alpha value is -2.71. The molecule has 0 saturated heterocycles. The van der Waals surface area contributed by atoms with E-state index in [9.17, 15) is 18.0 Å². The van der Waals surface area contributed by atoms with E-state index >= 15 is 0 Å². The minimum absolute atomic E-state index is 0.0118. The first-order chi connectivity index (χ1) is 14.0. The zero-order valence-corrected chi connectivity index (χ0v) is 17.5. The molecular weight excluding hydrogens is 399 g/mol. The molecule has 30 heavy (non-hydrogen) atoms. The van der Waals surface area contributed by atoms with Gasteiger partial charge in [-0.15, -0.1) is 0 Å². The standard InChI is InChI=1S/C21H26F3N3O3/c1-20(2,3)30-19(28)25-12-13-5-7-14(8-6-13)17-18(29-4)27-10-9-15(21(22,23)24)11-16(27)26-17/h5-8,15H,9-12H2,1-4H3,(H,25,28). The average molecular weight is 425 g/mol. The summed E-state index contributed by atoms with van der Waals surface area (Å²) in [4.78, 5) is 16.2. The Morgan fingerprint density at radius 2 is 1.90 bits per heavy atom. The summed E-state index contributed by atoms with van der Waals surface area (Å²) in [5.74, 6) is -0.539. The highest BCUT2D eigenvalue weighted by Crippen LogP contribution is 2.39. The molecule has 0 aliphatic carbocycles. The molecule has 1 unspecified atom stereocenters. The van der Waals surface area contributed by atoms with Crippen LogP contribution in [-0.2, 0) is 24.2 Å². The third-order valence-corrected chi connectivity index (χ3v) is 4.85. The Labute approximate surface area is 173 Å². The average Bonchev–Trinajstić information content (AvgIpc) is 3.02. The number of ether oxygens (including phenoxy) is 2. The van der Waals surface area contributed by atoms with Crippen LogP contribution in [0.2, 0.25) is 0 Å². The maximum atomic E-state index is 13.1. The Bertz CT molecular complexity index is 899. The number of aromatic nitrogens is 2. The van der Waals surface area contributed by atoms with Gasteiger partial charge in [-0.25, -0.2) is 9.78 Å². The Balaban J connectivity index is 1.74. The van der Waals surface area contributed by atoms with E-state index in [1.165, 1.54) is 7.11 Å². The topological polar surface area (TPSA) is 65.4 Å². The minimum atomic E-state index is -4.23. The third-order valence-electron chi connectivity index (χ3n) is 4.85. The van der Waals surface area contributed by atoms with E-state index in [0.29, 0.717) is 23.9 Å². The van der Waals surface area contributed by atoms with Crippen LogP contribution in [-0.4, -0.2) is 34.5 Å². The smallest absolute Gasteiger partial charge is 0.407 e. The number of amides is 1. The highest BCUT2D eigenvalue weighted by Gasteiger charge is 2.42. The number of benzene rings is 1. The van der Waals surface area contributed by atoms with Crippen LogP contribution >= 0.6 is 0 Å². The summed E-state index contributed by atoms with van der Waals surface area (Å²) in [6, 6.07) is 7.26. The number of hydrogen-bond donors (Lipinski definition) is 1. The number of alkyl carbamates (subject to hydrolysis) is 1. The van der Waals surface area contributed by atoms with Gasteiger partial charge in [0, 0.05) is 25.1 Å². The Kier molecular flexibility index (Phi) is 6.01. The van der Waals surface area contributed by atoms with Crippen molar-refractivity contribution in [2.24, 2.45) is 5.92 Å². The Morgan fingerprint density at radius 1 is 1.23 bits per heavy atom. The van der Waals surface area contributed by atoms with Crippen molar-refractivity contribution in [1.29, 1.82) is 0 Å². The number of alkyl halides is 3. The molecule has 9 heteroatoms. The highest BCUT2D eigenvalue weighted by atomic mass is 19.4. The van der Waals surface area contributed by atoms with Crippen LogP contribution in [0, 0.1) is 5.92 Å². The Morgan fingerprint density at radius 3 is 2.47 bits per heavy atom. The third kappa shape index (κ3) is 5.06. The van der Waals surface area contributed by atoms with Crippen molar-refractivity contribution < 1.29 is 27.4 Å². The fourth-order valence-electron chi connectivity index (χ4n) is 3.42. The second kappa shape index (κ2) is 8.20. The van der Waals surface area contributed by atoms with E-state index in [1.54, 1.807) is 25.3 Å². The van der Waals surface area contributed by atoms with E-state index in [2.05, 4.69) is 10.3 Å². The molecule has 0 spiro atoms. The number of imidazole rings is 1. The predicted molar refractivity (Wildman–Crippen MR) is 105 cm³/mol. The van der Waals surface area contributed by atoms with Crippen molar-refractivity contribution in [3.63, 3.8) is 0 Å². The summed E-state index contributed by atoms with van der Waals surface area (Å²) in [7, 11) is 1.49. The molecule has 0 radical (unpaired) electrons. The summed E-state index contributed by atoms with van der Waals surface area (Å²) < 4.78 is 51.7. The van der Waals surface area contributed by atoms with Gasteiger partial charge in [0.2, 0.25) is 5.88 Å². The number of fused-ring (bicyclic) bond motifs is 1. The fraction of sp³-hybridized carbons (Fsp3) is 0.524. The molecule has 6 nitrogen and oxygen atoms in total. The molecule has 1 N–H and O–H groups in total. The van der Waals surface area contributed by atoms with E-state index in [0.717, 1.165) is 11.1 Å². The van der Waals surface area contributed by atoms with Crippen LogP contribution in [0.1, 0.15) is 38.6 Å². The van der Waals surface area contributed by atoms with Gasteiger partial charge in [-0.2, -0.15) is 13.2 Å². The summed E-state index contributed by atoms with van der Waals surface area (Å²) in [5, 5.41) is 2.68. The number of hydrogen-bond acceptors (Lipinski definition) is 4. The highest BCUT2D eigenvalue weighted by molar-refractivity contribution is 5.68. The molecule has 1 aromatic carbocycles. The molecular formula is C21H26F3N3O3. The zero-order valence-electron chi connectivity index (χ0n) is 17.5. The SMILES string of the molecule is COc1c(-c2ccc(CNC(=O)OC(C)(C)C)cc2)nc2n1CCC(C(F)(F)F)C2. The molecule has 2 heterocycles. The number of carbonyl (C=O) groups excluding carboxylic acids is 1. The van der Waals surface area contributed by atoms with Crippen molar-refractivity contribution in [2.75, 3.05) is 7.11 Å². The number of rotatable bonds is 4. The molecule has 1 aliphatic rings. The lowest BCUT2D eigenvalue weighted by atomic mass is 9.97. The monoisotopic (exact) mass is 425 g/mol. The van der Waals surface area contributed by atoms with E-state index < -0.39 is 23.8 Å². The maximum Gasteiger partial charge on any atom is 0.407 e. The predicted octanol–water partition coefficient (Wildman–Crippen LogP) is 4.71. The van der Waals surface area contributed by atoms with Crippen LogP contribution in [0.5, 0.6) is 5.88 Å². The fourth-order valence-corrected chi connectivity index (χ4v) is 3.42. The van der Waals surface area contributed by atoms with Gasteiger partial charge < -0.3 is 14.8 Å². The van der Waals surface area contributed by atoms with Crippen molar-refractivity contribution in [2.45, 2.75) is 58.5 Å². The summed E-state index contributed by atoms with van der Waals surface area (Å²) in [6.07, 6.45) is -4.88. The zero-order chi connectivity index (χ0) is 22.1. The van der Waals surface area contributed by atoms with Crippen LogP contribution in [0.3, 0.4) is 0 Å². The summed E-state index contributed by atoms with van der Waals surface area (Å²) in [6.45, 7) is 5.87. The van der Waals surface area contributed by atoms with Gasteiger partial charge in [0.05, 0.1) is 13.0 Å². The van der Waals surface area contributed by atoms with Gasteiger partial charge in [-0.3, -0.25) is 4.57 Å². The minimum Gasteiger partial charge on any atom is -0.481 e. The van der Waals surface area contributed by atoms with Gasteiger partial charge in [0.25, 0.3) is 0 Å². The second-order valence-corrected chi connectivity index (χ2v) is 8.32. The lowest BCUT2D eigenvalue weighted by Crippen LogP contribution is -2.32. The number of nitrogens with one attached hydrogen (secondary N) is 1. The van der Waals surface area contributed by atoms with Crippen molar-refractivity contribution in [1.82, 2.24) is 14.9 Å². The molecule has 3 rings (SSSR count). The molecule has 1 aromatic heterocycles. The number of methoxy groups -OCH3 is 1. The van der Waals surface area contributed by atoms with Crippen LogP contribution < -0.4 is 10.1 Å². The lowest BCUT2D eigenvalue weighted by Gasteiger charge is -2.25. The number of halogens is 3.